The summed E-state index contributed by atoms with van der Waals surface area (Å²) in [7, 11) is 0. The van der Waals surface area contributed by atoms with E-state index >= 15 is 0 Å². The van der Waals surface area contributed by atoms with Crippen molar-refractivity contribution in [1.29, 1.82) is 0 Å². The average Bonchev–Trinajstić information content (AvgIpc) is 3.59. The Labute approximate surface area is 351 Å². The summed E-state index contributed by atoms with van der Waals surface area (Å²) in [5.74, 6) is 3.08. The fraction of sp³-hybridized carbons (Fsp3) is 0.263. The fourth-order valence-corrected chi connectivity index (χ4v) is 13.1. The lowest BCUT2D eigenvalue weighted by molar-refractivity contribution is -0.0418. The second-order valence-corrected chi connectivity index (χ2v) is 18.0. The van der Waals surface area contributed by atoms with Crippen LogP contribution >= 0.6 is 0 Å². The molecule has 0 heterocycles. The zero-order chi connectivity index (χ0) is 39.6. The van der Waals surface area contributed by atoms with Gasteiger partial charge in [0, 0.05) is 44.8 Å². The van der Waals surface area contributed by atoms with Crippen LogP contribution < -0.4 is 9.80 Å². The highest BCUT2D eigenvalue weighted by atomic mass is 15.1. The molecule has 0 aromatic heterocycles. The van der Waals surface area contributed by atoms with E-state index < -0.39 is 0 Å². The molecule has 0 atom stereocenters. The molecule has 4 saturated carbocycles. The van der Waals surface area contributed by atoms with Gasteiger partial charge in [-0.1, -0.05) is 129 Å². The van der Waals surface area contributed by atoms with E-state index in [0.717, 1.165) is 24.7 Å². The summed E-state index contributed by atoms with van der Waals surface area (Å²) in [5, 5.41) is 0. The van der Waals surface area contributed by atoms with Gasteiger partial charge in [0.1, 0.15) is 0 Å². The molecule has 5 aliphatic carbocycles. The van der Waals surface area contributed by atoms with Crippen LogP contribution in [0.2, 0.25) is 0 Å². The van der Waals surface area contributed by atoms with Crippen LogP contribution in [0.5, 0.6) is 0 Å². The van der Waals surface area contributed by atoms with Gasteiger partial charge in [0.05, 0.1) is 5.69 Å². The highest BCUT2D eigenvalue weighted by Gasteiger charge is 2.58. The highest BCUT2D eigenvalue weighted by Crippen LogP contribution is 2.65. The lowest BCUT2D eigenvalue weighted by Crippen LogP contribution is -2.56. The molecule has 5 aliphatic rings. The monoisotopic (exact) mass is 766 g/mol. The molecular formula is C57H54N2. The van der Waals surface area contributed by atoms with E-state index in [1.807, 2.05) is 0 Å². The molecule has 0 saturated heterocycles. The minimum Gasteiger partial charge on any atom is -0.311 e. The summed E-state index contributed by atoms with van der Waals surface area (Å²) < 4.78 is 0. The van der Waals surface area contributed by atoms with E-state index in [9.17, 15) is 0 Å². The van der Waals surface area contributed by atoms with Crippen LogP contribution in [0, 0.1) is 23.7 Å². The standard InChI is InChI=1S/C57H54N2/c1-3-56(4-2)52-24-15-14-23-51(52)55-53(56)25-16-26-54(55)59(48-21-12-7-13-22-48)50-33-29-43(30-34-50)57(44-36-40-35-41(38-44)39-45(57)37-40)42-27-31-49(32-28-42)58(46-17-8-5-9-18-46)47-19-10-6-11-20-47/h5-34,40-41,44-45H,3-4,35-39H2,1-2H3. The predicted molar refractivity (Wildman–Crippen MR) is 247 cm³/mol. The Morgan fingerprint density at radius 2 is 0.831 bits per heavy atom. The third-order valence-electron chi connectivity index (χ3n) is 15.4. The molecule has 292 valence electrons. The Morgan fingerprint density at radius 1 is 0.407 bits per heavy atom. The number of benzene rings is 7. The van der Waals surface area contributed by atoms with Crippen molar-refractivity contribution in [2.75, 3.05) is 9.80 Å². The minimum absolute atomic E-state index is 0.00116. The van der Waals surface area contributed by atoms with Gasteiger partial charge in [-0.25, -0.2) is 0 Å². The quantitative estimate of drug-likeness (QED) is 0.137. The second-order valence-electron chi connectivity index (χ2n) is 18.0. The fourth-order valence-electron chi connectivity index (χ4n) is 13.1. The molecule has 12 rings (SSSR count). The average molecular weight is 767 g/mol. The first kappa shape index (κ1) is 36.2. The first-order chi connectivity index (χ1) is 29.1. The maximum Gasteiger partial charge on any atom is 0.0543 e. The van der Waals surface area contributed by atoms with Gasteiger partial charge in [-0.15, -0.1) is 0 Å². The maximum absolute atomic E-state index is 2.53. The van der Waals surface area contributed by atoms with Crippen molar-refractivity contribution >= 4 is 34.1 Å². The van der Waals surface area contributed by atoms with Crippen molar-refractivity contribution in [2.45, 2.75) is 69.6 Å². The zero-order valence-electron chi connectivity index (χ0n) is 34.5. The Morgan fingerprint density at radius 3 is 1.34 bits per heavy atom. The van der Waals surface area contributed by atoms with E-state index in [1.54, 1.807) is 0 Å². The van der Waals surface area contributed by atoms with Gasteiger partial charge in [0.25, 0.3) is 0 Å². The van der Waals surface area contributed by atoms with E-state index in [-0.39, 0.29) is 10.8 Å². The van der Waals surface area contributed by atoms with Crippen LogP contribution in [0.25, 0.3) is 11.1 Å². The molecular weight excluding hydrogens is 713 g/mol. The van der Waals surface area contributed by atoms with Crippen LogP contribution in [0.15, 0.2) is 182 Å². The molecule has 0 N–H and O–H groups in total. The number of hydrogen-bond donors (Lipinski definition) is 0. The predicted octanol–water partition coefficient (Wildman–Crippen LogP) is 15.5. The molecule has 0 aliphatic heterocycles. The first-order valence-electron chi connectivity index (χ1n) is 22.3. The Bertz CT molecular complexity index is 2500. The normalized spacial score (nSPS) is 23.1. The van der Waals surface area contributed by atoms with Gasteiger partial charge in [-0.2, -0.15) is 0 Å². The van der Waals surface area contributed by atoms with Gasteiger partial charge in [-0.05, 0) is 163 Å². The topological polar surface area (TPSA) is 6.48 Å². The molecule has 0 amide bonds. The number of anilines is 6. The number of para-hydroxylation sites is 3. The molecule has 4 fully saturated rings. The lowest BCUT2D eigenvalue weighted by Gasteiger charge is -2.62. The summed E-state index contributed by atoms with van der Waals surface area (Å²) in [4.78, 5) is 4.92. The molecule has 59 heavy (non-hydrogen) atoms. The molecule has 4 bridgehead atoms. The summed E-state index contributed by atoms with van der Waals surface area (Å²) >= 11 is 0. The van der Waals surface area contributed by atoms with E-state index in [0.29, 0.717) is 11.8 Å². The van der Waals surface area contributed by atoms with Crippen molar-refractivity contribution in [3.05, 3.63) is 204 Å². The third-order valence-corrected chi connectivity index (χ3v) is 15.4. The summed E-state index contributed by atoms with van der Waals surface area (Å²) in [6.07, 6.45) is 9.00. The van der Waals surface area contributed by atoms with Gasteiger partial charge in [0.15, 0.2) is 0 Å². The zero-order valence-corrected chi connectivity index (χ0v) is 34.5. The summed E-state index contributed by atoms with van der Waals surface area (Å²) in [5.41, 5.74) is 16.0. The van der Waals surface area contributed by atoms with Gasteiger partial charge >= 0.3 is 0 Å². The molecule has 0 unspecified atom stereocenters. The Hall–Kier alpha value is -5.86. The number of nitrogens with zero attached hydrogens (tertiary/aromatic N) is 2. The van der Waals surface area contributed by atoms with Crippen LogP contribution in [-0.2, 0) is 10.8 Å². The van der Waals surface area contributed by atoms with Crippen LogP contribution in [0.3, 0.4) is 0 Å². The van der Waals surface area contributed by atoms with Crippen molar-refractivity contribution in [3.8, 4) is 11.1 Å². The molecule has 2 heteroatoms. The van der Waals surface area contributed by atoms with Gasteiger partial charge in [0.2, 0.25) is 0 Å². The molecule has 2 nitrogen and oxygen atoms in total. The van der Waals surface area contributed by atoms with E-state index in [4.69, 9.17) is 0 Å². The van der Waals surface area contributed by atoms with Crippen molar-refractivity contribution in [1.82, 2.24) is 0 Å². The number of fused-ring (bicyclic) bond motifs is 3. The minimum atomic E-state index is 0.00116. The van der Waals surface area contributed by atoms with Gasteiger partial charge < -0.3 is 9.80 Å². The van der Waals surface area contributed by atoms with Crippen LogP contribution in [-0.4, -0.2) is 0 Å². The smallest absolute Gasteiger partial charge is 0.0543 e. The Balaban J connectivity index is 1.04. The van der Waals surface area contributed by atoms with Crippen molar-refractivity contribution in [2.24, 2.45) is 23.7 Å². The Kier molecular flexibility index (Phi) is 8.88. The highest BCUT2D eigenvalue weighted by molar-refractivity contribution is 5.95. The van der Waals surface area contributed by atoms with Crippen molar-refractivity contribution < 1.29 is 0 Å². The lowest BCUT2D eigenvalue weighted by atomic mass is 9.42. The van der Waals surface area contributed by atoms with Crippen molar-refractivity contribution in [3.63, 3.8) is 0 Å². The van der Waals surface area contributed by atoms with E-state index in [2.05, 4.69) is 206 Å². The number of rotatable bonds is 10. The molecule has 0 spiro atoms. The van der Waals surface area contributed by atoms with E-state index in [1.165, 1.54) is 99.6 Å². The molecule has 0 radical (unpaired) electrons. The molecule has 7 aromatic rings. The van der Waals surface area contributed by atoms with Crippen LogP contribution in [0.1, 0.15) is 81.0 Å². The van der Waals surface area contributed by atoms with Crippen LogP contribution in [0.4, 0.5) is 34.1 Å². The molecule has 7 aromatic carbocycles. The summed E-state index contributed by atoms with van der Waals surface area (Å²) in [6, 6.07) is 68.7. The second kappa shape index (κ2) is 14.5. The first-order valence-corrected chi connectivity index (χ1v) is 22.3. The summed E-state index contributed by atoms with van der Waals surface area (Å²) in [6.45, 7) is 4.73. The third kappa shape index (κ3) is 5.59. The maximum atomic E-state index is 2.53. The largest absolute Gasteiger partial charge is 0.311 e. The number of hydrogen-bond acceptors (Lipinski definition) is 2. The van der Waals surface area contributed by atoms with Gasteiger partial charge in [-0.3, -0.25) is 0 Å². The SMILES string of the molecule is CCC1(CC)c2ccccc2-c2c(N(c3ccccc3)c3ccc(C4(c5ccc(N(c6ccccc6)c6ccccc6)cc5)C5CC6CC(C5)CC4C6)cc3)cccc21.